The van der Waals surface area contributed by atoms with E-state index in [9.17, 15) is 4.79 Å². The fourth-order valence-corrected chi connectivity index (χ4v) is 3.53. The van der Waals surface area contributed by atoms with Crippen LogP contribution in [0.1, 0.15) is 28.1 Å². The van der Waals surface area contributed by atoms with E-state index in [4.69, 9.17) is 9.47 Å². The Morgan fingerprint density at radius 2 is 1.93 bits per heavy atom. The minimum Gasteiger partial charge on any atom is -0.454 e. The summed E-state index contributed by atoms with van der Waals surface area (Å²) in [6, 6.07) is 15.9. The summed E-state index contributed by atoms with van der Waals surface area (Å²) in [5.41, 5.74) is 8.92. The monoisotopic (exact) mass is 389 g/mol. The number of benzene rings is 2. The average Bonchev–Trinajstić information content (AvgIpc) is 3.25. The molecule has 1 N–H and O–H groups in total. The number of hydrogen-bond acceptors (Lipinski definition) is 4. The Labute approximate surface area is 169 Å². The van der Waals surface area contributed by atoms with Crippen molar-refractivity contribution in [2.24, 2.45) is 5.10 Å². The van der Waals surface area contributed by atoms with Crippen LogP contribution >= 0.6 is 0 Å². The molecule has 6 heteroatoms. The molecule has 4 rings (SSSR count). The van der Waals surface area contributed by atoms with Gasteiger partial charge >= 0.3 is 0 Å². The number of hydrazone groups is 1. The van der Waals surface area contributed by atoms with Gasteiger partial charge in [0.2, 0.25) is 12.7 Å². The smallest absolute Gasteiger partial charge is 0.244 e. The first-order valence-corrected chi connectivity index (χ1v) is 9.47. The summed E-state index contributed by atoms with van der Waals surface area (Å²) in [5.74, 6) is 1.19. The molecule has 148 valence electrons. The van der Waals surface area contributed by atoms with Crippen LogP contribution in [0.25, 0.3) is 5.69 Å². The first kappa shape index (κ1) is 18.8. The lowest BCUT2D eigenvalue weighted by atomic mass is 10.1. The summed E-state index contributed by atoms with van der Waals surface area (Å²) >= 11 is 0. The molecule has 1 aliphatic rings. The minimum absolute atomic E-state index is 0.187. The van der Waals surface area contributed by atoms with Gasteiger partial charge in [0.05, 0.1) is 12.6 Å². The number of aromatic nitrogens is 1. The molecule has 6 nitrogen and oxygen atoms in total. The van der Waals surface area contributed by atoms with Crippen LogP contribution in [-0.2, 0) is 11.2 Å². The van der Waals surface area contributed by atoms with Crippen LogP contribution in [0.5, 0.6) is 11.5 Å². The van der Waals surface area contributed by atoms with E-state index in [0.29, 0.717) is 11.5 Å². The van der Waals surface area contributed by atoms with Gasteiger partial charge in [-0.05, 0) is 62.2 Å². The zero-order chi connectivity index (χ0) is 20.4. The van der Waals surface area contributed by atoms with E-state index in [1.807, 2.05) is 31.2 Å². The molecule has 0 bridgehead atoms. The highest BCUT2D eigenvalue weighted by Gasteiger charge is 2.14. The van der Waals surface area contributed by atoms with Crippen molar-refractivity contribution in [1.29, 1.82) is 0 Å². The van der Waals surface area contributed by atoms with Crippen molar-refractivity contribution >= 4 is 12.1 Å². The van der Waals surface area contributed by atoms with Gasteiger partial charge in [-0.15, -0.1) is 0 Å². The first-order chi connectivity index (χ1) is 14.0. The summed E-state index contributed by atoms with van der Waals surface area (Å²) in [4.78, 5) is 12.2. The van der Waals surface area contributed by atoms with Crippen molar-refractivity contribution in [2.75, 3.05) is 6.79 Å². The molecule has 0 aliphatic carbocycles. The number of carbonyl (C=O) groups is 1. The number of fused-ring (bicyclic) bond motifs is 1. The van der Waals surface area contributed by atoms with Gasteiger partial charge in [0.15, 0.2) is 11.5 Å². The molecule has 29 heavy (non-hydrogen) atoms. The summed E-state index contributed by atoms with van der Waals surface area (Å²) < 4.78 is 12.8. The molecular weight excluding hydrogens is 366 g/mol. The van der Waals surface area contributed by atoms with Crippen molar-refractivity contribution in [1.82, 2.24) is 9.99 Å². The highest BCUT2D eigenvalue weighted by atomic mass is 16.7. The topological polar surface area (TPSA) is 64.9 Å². The first-order valence-electron chi connectivity index (χ1n) is 9.47. The Balaban J connectivity index is 1.43. The van der Waals surface area contributed by atoms with Gasteiger partial charge in [0.25, 0.3) is 0 Å². The Kier molecular flexibility index (Phi) is 5.08. The molecule has 1 amide bonds. The Hall–Kier alpha value is -3.54. The number of aryl methyl sites for hydroxylation is 2. The quantitative estimate of drug-likeness (QED) is 0.533. The molecule has 0 spiro atoms. The molecule has 1 aromatic heterocycles. The number of ether oxygens (including phenoxy) is 2. The van der Waals surface area contributed by atoms with E-state index >= 15 is 0 Å². The van der Waals surface area contributed by atoms with E-state index in [1.165, 1.54) is 5.56 Å². The zero-order valence-electron chi connectivity index (χ0n) is 16.7. The minimum atomic E-state index is -0.187. The van der Waals surface area contributed by atoms with Gasteiger partial charge < -0.3 is 14.0 Å². The van der Waals surface area contributed by atoms with Crippen LogP contribution in [-0.4, -0.2) is 23.5 Å². The third-order valence-corrected chi connectivity index (χ3v) is 4.92. The van der Waals surface area contributed by atoms with E-state index in [1.54, 1.807) is 6.21 Å². The second-order valence-corrected chi connectivity index (χ2v) is 7.16. The molecule has 0 atom stereocenters. The van der Waals surface area contributed by atoms with Crippen LogP contribution in [0, 0.1) is 20.8 Å². The van der Waals surface area contributed by atoms with E-state index < -0.39 is 0 Å². The third kappa shape index (κ3) is 4.01. The predicted octanol–water partition coefficient (Wildman–Crippen LogP) is 3.82. The summed E-state index contributed by atoms with van der Waals surface area (Å²) in [6.45, 7) is 6.40. The summed E-state index contributed by atoms with van der Waals surface area (Å²) in [7, 11) is 0. The van der Waals surface area contributed by atoms with Crippen LogP contribution in [0.4, 0.5) is 0 Å². The van der Waals surface area contributed by atoms with Crippen molar-refractivity contribution < 1.29 is 14.3 Å². The number of hydrogen-bond donors (Lipinski definition) is 1. The molecule has 0 saturated carbocycles. The Morgan fingerprint density at radius 1 is 1.10 bits per heavy atom. The largest absolute Gasteiger partial charge is 0.454 e. The van der Waals surface area contributed by atoms with Crippen molar-refractivity contribution in [3.05, 3.63) is 76.6 Å². The molecule has 1 aliphatic heterocycles. The average molecular weight is 389 g/mol. The Bertz CT molecular complexity index is 1100. The van der Waals surface area contributed by atoms with Gasteiger partial charge in [-0.2, -0.15) is 5.10 Å². The third-order valence-electron chi connectivity index (χ3n) is 4.92. The van der Waals surface area contributed by atoms with Crippen LogP contribution in [0.2, 0.25) is 0 Å². The van der Waals surface area contributed by atoms with E-state index in [2.05, 4.69) is 53.2 Å². The number of nitrogens with one attached hydrogen (secondary N) is 1. The van der Waals surface area contributed by atoms with Crippen molar-refractivity contribution in [3.8, 4) is 17.2 Å². The van der Waals surface area contributed by atoms with Crippen LogP contribution in [0.3, 0.4) is 0 Å². The number of carbonyl (C=O) groups excluding carboxylic acids is 1. The van der Waals surface area contributed by atoms with E-state index in [-0.39, 0.29) is 19.1 Å². The fraction of sp³-hybridized carbons (Fsp3) is 0.217. The van der Waals surface area contributed by atoms with Crippen molar-refractivity contribution in [2.45, 2.75) is 27.2 Å². The standard InChI is InChI=1S/C23H23N3O3/c1-15-5-4-6-20(9-15)26-16(2)10-19(17(26)3)13-24-25-23(27)12-18-7-8-21-22(11-18)29-14-28-21/h4-11,13H,12,14H2,1-3H3,(H,25,27)/b24-13-. The number of rotatable bonds is 5. The Morgan fingerprint density at radius 3 is 2.76 bits per heavy atom. The lowest BCUT2D eigenvalue weighted by Crippen LogP contribution is -2.19. The zero-order valence-corrected chi connectivity index (χ0v) is 16.7. The number of amides is 1. The summed E-state index contributed by atoms with van der Waals surface area (Å²) in [6.07, 6.45) is 1.91. The molecule has 0 saturated heterocycles. The summed E-state index contributed by atoms with van der Waals surface area (Å²) in [5, 5.41) is 4.14. The van der Waals surface area contributed by atoms with Gasteiger partial charge in [-0.25, -0.2) is 5.43 Å². The van der Waals surface area contributed by atoms with Crippen molar-refractivity contribution in [3.63, 3.8) is 0 Å². The highest BCUT2D eigenvalue weighted by Crippen LogP contribution is 2.32. The van der Waals surface area contributed by atoms with E-state index in [0.717, 1.165) is 28.2 Å². The van der Waals surface area contributed by atoms with Gasteiger partial charge in [0, 0.05) is 22.6 Å². The molecule has 2 aromatic carbocycles. The molecule has 0 fully saturated rings. The maximum Gasteiger partial charge on any atom is 0.244 e. The molecule has 0 unspecified atom stereocenters. The molecular formula is C23H23N3O3. The van der Waals surface area contributed by atoms with Gasteiger partial charge in [-0.3, -0.25) is 4.79 Å². The molecule has 3 aromatic rings. The SMILES string of the molecule is Cc1cccc(-n2c(C)cc(/C=N\NC(=O)Cc3ccc4c(c3)OCO4)c2C)c1. The van der Waals surface area contributed by atoms with Crippen LogP contribution < -0.4 is 14.9 Å². The van der Waals surface area contributed by atoms with Gasteiger partial charge in [-0.1, -0.05) is 18.2 Å². The maximum atomic E-state index is 12.2. The molecule has 0 radical (unpaired) electrons. The fourth-order valence-electron chi connectivity index (χ4n) is 3.53. The second-order valence-electron chi connectivity index (χ2n) is 7.16. The lowest BCUT2D eigenvalue weighted by Gasteiger charge is -2.10. The number of nitrogens with zero attached hydrogens (tertiary/aromatic N) is 2. The van der Waals surface area contributed by atoms with Crippen LogP contribution in [0.15, 0.2) is 53.6 Å². The lowest BCUT2D eigenvalue weighted by molar-refractivity contribution is -0.120. The van der Waals surface area contributed by atoms with Gasteiger partial charge in [0.1, 0.15) is 0 Å². The molecule has 2 heterocycles. The maximum absolute atomic E-state index is 12.2. The predicted molar refractivity (Wildman–Crippen MR) is 112 cm³/mol. The second kappa shape index (κ2) is 7.83. The normalized spacial score (nSPS) is 12.5. The highest BCUT2D eigenvalue weighted by molar-refractivity contribution is 5.85.